The van der Waals surface area contributed by atoms with E-state index in [0.717, 1.165) is 16.2 Å². The molecule has 2 N–H and O–H groups in total. The summed E-state index contributed by atoms with van der Waals surface area (Å²) >= 11 is 5.47. The number of carbonyl (C=O) groups is 1. The summed E-state index contributed by atoms with van der Waals surface area (Å²) in [6.45, 7) is 10.7. The maximum atomic E-state index is 14.7. The first kappa shape index (κ1) is 23.9. The van der Waals surface area contributed by atoms with Crippen LogP contribution in [-0.2, 0) is 11.4 Å². The normalized spacial score (nSPS) is 14.5. The molecule has 0 bridgehead atoms. The van der Waals surface area contributed by atoms with E-state index in [-0.39, 0.29) is 15.7 Å². The Balaban J connectivity index is 2.52. The van der Waals surface area contributed by atoms with E-state index in [9.17, 15) is 18.8 Å². The van der Waals surface area contributed by atoms with Crippen molar-refractivity contribution in [3.63, 3.8) is 0 Å². The number of amides is 1. The van der Waals surface area contributed by atoms with Crippen LogP contribution in [0.5, 0.6) is 0 Å². The van der Waals surface area contributed by atoms with E-state index in [2.05, 4.69) is 9.71 Å². The Kier molecular flexibility index (Phi) is 7.22. The summed E-state index contributed by atoms with van der Waals surface area (Å²) in [4.78, 5) is 17.7. The highest BCUT2D eigenvalue weighted by molar-refractivity contribution is 7.90. The highest BCUT2D eigenvalue weighted by Gasteiger charge is 2.35. The van der Waals surface area contributed by atoms with Crippen molar-refractivity contribution in [2.45, 2.75) is 57.9 Å². The summed E-state index contributed by atoms with van der Waals surface area (Å²) in [5, 5.41) is 10.1. The van der Waals surface area contributed by atoms with Crippen LogP contribution in [0, 0.1) is 5.82 Å². The minimum atomic E-state index is -1.51. The average Bonchev–Trinajstić information content (AvgIpc) is 2.99. The standard InChI is InChI=1S/C19H25ClFN3O3S2/c1-18(2,3)24(17(25)26)16-22-10-14(28-16)15(23-29(27)19(4,5)6)12-8-7-11(20)9-13(12)21/h7-10,15,23H,1-6H3,(H,25,26)/t15-,29?/m1/s1. The number of hydrogen-bond acceptors (Lipinski definition) is 5. The molecule has 29 heavy (non-hydrogen) atoms. The molecule has 2 aromatic rings. The number of nitrogens with one attached hydrogen (secondary N) is 1. The molecule has 1 unspecified atom stereocenters. The lowest BCUT2D eigenvalue weighted by Crippen LogP contribution is -2.45. The molecule has 0 saturated carbocycles. The summed E-state index contributed by atoms with van der Waals surface area (Å²) in [6, 6.07) is 3.48. The second kappa shape index (κ2) is 8.77. The zero-order valence-electron chi connectivity index (χ0n) is 17.1. The molecule has 0 spiro atoms. The van der Waals surface area contributed by atoms with E-state index >= 15 is 0 Å². The molecule has 1 aromatic carbocycles. The Labute approximate surface area is 182 Å². The van der Waals surface area contributed by atoms with Gasteiger partial charge in [0.25, 0.3) is 0 Å². The smallest absolute Gasteiger partial charge is 0.414 e. The van der Waals surface area contributed by atoms with Crippen molar-refractivity contribution in [2.24, 2.45) is 0 Å². The SMILES string of the molecule is CC(C)(C)N(C(=O)O)c1ncc([C@H](N[S+]([O-])C(C)(C)C)c2ccc(Cl)cc2F)s1. The first-order valence-corrected chi connectivity index (χ1v) is 11.2. The summed E-state index contributed by atoms with van der Waals surface area (Å²) in [5.74, 6) is -0.554. The van der Waals surface area contributed by atoms with Gasteiger partial charge in [-0.25, -0.2) is 19.1 Å². The Hall–Kier alpha value is -1.39. The van der Waals surface area contributed by atoms with Crippen LogP contribution >= 0.6 is 22.9 Å². The molecule has 1 aromatic heterocycles. The first-order valence-electron chi connectivity index (χ1n) is 8.83. The fourth-order valence-corrected chi connectivity index (χ4v) is 4.69. The second-order valence-electron chi connectivity index (χ2n) is 8.43. The third kappa shape index (κ3) is 5.82. The molecule has 6 nitrogen and oxygen atoms in total. The van der Waals surface area contributed by atoms with Crippen molar-refractivity contribution in [3.8, 4) is 0 Å². The lowest BCUT2D eigenvalue weighted by molar-refractivity contribution is 0.195. The highest BCUT2D eigenvalue weighted by Crippen LogP contribution is 2.36. The van der Waals surface area contributed by atoms with E-state index < -0.39 is 39.6 Å². The summed E-state index contributed by atoms with van der Waals surface area (Å²) in [7, 11) is 0. The zero-order valence-corrected chi connectivity index (χ0v) is 19.5. The van der Waals surface area contributed by atoms with Gasteiger partial charge in [-0.2, -0.15) is 0 Å². The molecule has 0 aliphatic heterocycles. The number of thiazole rings is 1. The Morgan fingerprint density at radius 3 is 2.45 bits per heavy atom. The number of anilines is 1. The van der Waals surface area contributed by atoms with Crippen LogP contribution < -0.4 is 9.62 Å². The summed E-state index contributed by atoms with van der Waals surface area (Å²) in [6.07, 6.45) is 0.339. The molecule has 0 fully saturated rings. The minimum Gasteiger partial charge on any atom is -0.598 e. The predicted octanol–water partition coefficient (Wildman–Crippen LogP) is 5.36. The molecular weight excluding hydrogens is 437 g/mol. The van der Waals surface area contributed by atoms with E-state index in [4.69, 9.17) is 11.6 Å². The van der Waals surface area contributed by atoms with Crippen molar-refractivity contribution in [3.05, 3.63) is 45.7 Å². The van der Waals surface area contributed by atoms with Gasteiger partial charge in [0.05, 0.1) is 4.88 Å². The molecule has 0 radical (unpaired) electrons. The Morgan fingerprint density at radius 2 is 1.97 bits per heavy atom. The van der Waals surface area contributed by atoms with Crippen LogP contribution in [-0.4, -0.2) is 31.0 Å². The van der Waals surface area contributed by atoms with Crippen LogP contribution in [0.3, 0.4) is 0 Å². The molecule has 0 aliphatic rings. The van der Waals surface area contributed by atoms with Crippen LogP contribution in [0.15, 0.2) is 24.4 Å². The predicted molar refractivity (Wildman–Crippen MR) is 117 cm³/mol. The van der Waals surface area contributed by atoms with Crippen molar-refractivity contribution in [1.29, 1.82) is 0 Å². The number of aromatic nitrogens is 1. The van der Waals surface area contributed by atoms with Crippen molar-refractivity contribution in [1.82, 2.24) is 9.71 Å². The van der Waals surface area contributed by atoms with Gasteiger partial charge in [0.2, 0.25) is 0 Å². The molecule has 10 heteroatoms. The van der Waals surface area contributed by atoms with E-state index in [0.29, 0.717) is 4.88 Å². The first-order chi connectivity index (χ1) is 13.2. The summed E-state index contributed by atoms with van der Waals surface area (Å²) in [5.41, 5.74) is -0.469. The fourth-order valence-electron chi connectivity index (χ4n) is 2.46. The van der Waals surface area contributed by atoms with Gasteiger partial charge in [-0.3, -0.25) is 0 Å². The van der Waals surface area contributed by atoms with Gasteiger partial charge in [-0.1, -0.05) is 29.0 Å². The van der Waals surface area contributed by atoms with Gasteiger partial charge >= 0.3 is 6.09 Å². The van der Waals surface area contributed by atoms with Crippen LogP contribution in [0.2, 0.25) is 5.02 Å². The van der Waals surface area contributed by atoms with Crippen molar-refractivity contribution >= 4 is 45.5 Å². The van der Waals surface area contributed by atoms with Gasteiger partial charge in [0.15, 0.2) is 5.13 Å². The molecule has 160 valence electrons. The monoisotopic (exact) mass is 461 g/mol. The Morgan fingerprint density at radius 1 is 1.34 bits per heavy atom. The van der Waals surface area contributed by atoms with Crippen LogP contribution in [0.4, 0.5) is 14.3 Å². The number of benzene rings is 1. The lowest BCUT2D eigenvalue weighted by Gasteiger charge is -2.30. The minimum absolute atomic E-state index is 0.247. The fraction of sp³-hybridized carbons (Fsp3) is 0.474. The van der Waals surface area contributed by atoms with Crippen LogP contribution in [0.1, 0.15) is 58.0 Å². The quantitative estimate of drug-likeness (QED) is 0.585. The third-order valence-electron chi connectivity index (χ3n) is 3.90. The number of nitrogens with zero attached hydrogens (tertiary/aromatic N) is 2. The highest BCUT2D eigenvalue weighted by atomic mass is 35.5. The number of halogens is 2. The number of carboxylic acid groups (broad SMARTS) is 1. The molecule has 0 saturated heterocycles. The molecule has 2 atom stereocenters. The second-order valence-corrected chi connectivity index (χ2v) is 11.9. The van der Waals surface area contributed by atoms with Crippen LogP contribution in [0.25, 0.3) is 0 Å². The number of rotatable bonds is 5. The molecular formula is C19H25ClFN3O3S2. The van der Waals surface area contributed by atoms with Crippen molar-refractivity contribution < 1.29 is 18.8 Å². The van der Waals surface area contributed by atoms with Crippen molar-refractivity contribution in [2.75, 3.05) is 4.90 Å². The molecule has 1 heterocycles. The number of hydrogen-bond donors (Lipinski definition) is 2. The third-order valence-corrected chi connectivity index (χ3v) is 6.75. The maximum absolute atomic E-state index is 14.7. The molecule has 2 rings (SSSR count). The topological polar surface area (TPSA) is 88.5 Å². The van der Waals surface area contributed by atoms with Gasteiger partial charge < -0.3 is 9.66 Å². The van der Waals surface area contributed by atoms with E-state index in [1.54, 1.807) is 47.6 Å². The average molecular weight is 462 g/mol. The largest absolute Gasteiger partial charge is 0.598 e. The van der Waals surface area contributed by atoms with Gasteiger partial charge in [-0.05, 0) is 53.7 Å². The van der Waals surface area contributed by atoms with Gasteiger partial charge in [0, 0.05) is 33.7 Å². The molecule has 1 amide bonds. The maximum Gasteiger partial charge on any atom is 0.414 e. The van der Waals surface area contributed by atoms with E-state index in [1.165, 1.54) is 18.3 Å². The summed E-state index contributed by atoms with van der Waals surface area (Å²) < 4.78 is 29.8. The van der Waals surface area contributed by atoms with Gasteiger partial charge in [-0.15, -0.1) is 4.72 Å². The van der Waals surface area contributed by atoms with E-state index in [1.807, 2.05) is 0 Å². The lowest BCUT2D eigenvalue weighted by atomic mass is 10.1. The zero-order chi connectivity index (χ0) is 22.1. The Bertz CT molecular complexity index is 880. The van der Waals surface area contributed by atoms with Gasteiger partial charge in [0.1, 0.15) is 16.6 Å². The molecule has 0 aliphatic carbocycles.